The minimum atomic E-state index is -4.96. The molecule has 0 aliphatic heterocycles. The summed E-state index contributed by atoms with van der Waals surface area (Å²) < 4.78 is 81.4. The molecule has 0 unspecified atom stereocenters. The second-order valence-corrected chi connectivity index (χ2v) is 5.14. The second kappa shape index (κ2) is 5.81. The average molecular weight is 328 g/mol. The Morgan fingerprint density at radius 1 is 0.909 bits per heavy atom. The van der Waals surface area contributed by atoms with Gasteiger partial charge in [0.1, 0.15) is 0 Å². The summed E-state index contributed by atoms with van der Waals surface area (Å²) in [5, 5.41) is 0. The van der Waals surface area contributed by atoms with Crippen LogP contribution in [0.1, 0.15) is 37.5 Å². The fraction of sp³-hybridized carbons (Fsp3) is 0.500. The molecule has 1 aromatic carbocycles. The first-order valence-corrected chi connectivity index (χ1v) is 6.27. The maximum Gasteiger partial charge on any atom is 0.416 e. The zero-order chi connectivity index (χ0) is 17.3. The van der Waals surface area contributed by atoms with E-state index in [9.17, 15) is 31.1 Å². The first-order chi connectivity index (χ1) is 9.80. The van der Waals surface area contributed by atoms with Gasteiger partial charge in [0.15, 0.2) is 0 Å². The Bertz CT molecular complexity index is 525. The SMILES string of the molecule is CCOC(=O)C(C)(C)c1cc(C(F)(F)F)cc(C(F)(F)F)c1. The van der Waals surface area contributed by atoms with Crippen molar-refractivity contribution >= 4 is 5.97 Å². The van der Waals surface area contributed by atoms with Crippen LogP contribution < -0.4 is 0 Å². The average Bonchev–Trinajstić information content (AvgIpc) is 2.36. The summed E-state index contributed by atoms with van der Waals surface area (Å²) in [6.07, 6.45) is -9.92. The van der Waals surface area contributed by atoms with Crippen molar-refractivity contribution in [3.05, 3.63) is 34.9 Å². The van der Waals surface area contributed by atoms with E-state index >= 15 is 0 Å². The number of hydrogen-bond donors (Lipinski definition) is 0. The van der Waals surface area contributed by atoms with E-state index in [4.69, 9.17) is 4.74 Å². The molecule has 1 rings (SSSR count). The maximum absolute atomic E-state index is 12.8. The monoisotopic (exact) mass is 328 g/mol. The molecule has 22 heavy (non-hydrogen) atoms. The predicted octanol–water partition coefficient (Wildman–Crippen LogP) is 4.56. The van der Waals surface area contributed by atoms with Crippen LogP contribution in [0.5, 0.6) is 0 Å². The van der Waals surface area contributed by atoms with Gasteiger partial charge in [0, 0.05) is 0 Å². The van der Waals surface area contributed by atoms with Gasteiger partial charge >= 0.3 is 18.3 Å². The quantitative estimate of drug-likeness (QED) is 0.600. The molecular formula is C14H14F6O2. The molecule has 0 aromatic heterocycles. The van der Waals surface area contributed by atoms with E-state index in [1.807, 2.05) is 0 Å². The molecule has 0 fully saturated rings. The minimum Gasteiger partial charge on any atom is -0.465 e. The van der Waals surface area contributed by atoms with Crippen molar-refractivity contribution in [2.45, 2.75) is 38.5 Å². The Labute approximate surface area is 123 Å². The third-order valence-corrected chi connectivity index (χ3v) is 3.10. The fourth-order valence-corrected chi connectivity index (χ4v) is 1.75. The Balaban J connectivity index is 3.51. The lowest BCUT2D eigenvalue weighted by Crippen LogP contribution is -2.32. The van der Waals surface area contributed by atoms with Gasteiger partial charge in [-0.2, -0.15) is 26.3 Å². The molecule has 0 aliphatic carbocycles. The molecule has 0 heterocycles. The summed E-state index contributed by atoms with van der Waals surface area (Å²) in [6, 6.07) is 1.09. The van der Waals surface area contributed by atoms with E-state index < -0.39 is 40.4 Å². The smallest absolute Gasteiger partial charge is 0.416 e. The summed E-state index contributed by atoms with van der Waals surface area (Å²) in [7, 11) is 0. The van der Waals surface area contributed by atoms with E-state index in [2.05, 4.69) is 0 Å². The highest BCUT2D eigenvalue weighted by molar-refractivity contribution is 5.82. The van der Waals surface area contributed by atoms with Crippen molar-refractivity contribution in [1.82, 2.24) is 0 Å². The van der Waals surface area contributed by atoms with E-state index in [-0.39, 0.29) is 12.7 Å². The van der Waals surface area contributed by atoms with Crippen LogP contribution >= 0.6 is 0 Å². The molecule has 0 N–H and O–H groups in total. The van der Waals surface area contributed by atoms with Crippen molar-refractivity contribution in [2.24, 2.45) is 0 Å². The molecule has 0 amide bonds. The van der Waals surface area contributed by atoms with E-state index in [0.717, 1.165) is 0 Å². The summed E-state index contributed by atoms with van der Waals surface area (Å²) in [4.78, 5) is 11.8. The van der Waals surface area contributed by atoms with Crippen LogP contribution in [0.2, 0.25) is 0 Å². The minimum absolute atomic E-state index is 0.0186. The summed E-state index contributed by atoms with van der Waals surface area (Å²) in [6.45, 7) is 3.87. The number of carbonyl (C=O) groups is 1. The normalized spacial score (nSPS) is 13.1. The molecule has 0 radical (unpaired) electrons. The standard InChI is InChI=1S/C14H14F6O2/c1-4-22-11(21)12(2,3)8-5-9(13(15,16)17)7-10(6-8)14(18,19)20/h5-7H,4H2,1-3H3. The zero-order valence-corrected chi connectivity index (χ0v) is 12.0. The molecule has 0 saturated heterocycles. The van der Waals surface area contributed by atoms with Crippen LogP contribution in [0.15, 0.2) is 18.2 Å². The Morgan fingerprint density at radius 2 is 1.27 bits per heavy atom. The van der Waals surface area contributed by atoms with Crippen LogP contribution in [0.3, 0.4) is 0 Å². The fourth-order valence-electron chi connectivity index (χ4n) is 1.75. The number of rotatable bonds is 3. The van der Waals surface area contributed by atoms with Crippen LogP contribution in [-0.2, 0) is 27.3 Å². The molecule has 0 aliphatic rings. The summed E-state index contributed by atoms with van der Waals surface area (Å²) in [5.74, 6) is -0.901. The van der Waals surface area contributed by atoms with Crippen molar-refractivity contribution < 1.29 is 35.9 Å². The molecule has 2 nitrogen and oxygen atoms in total. The number of hydrogen-bond acceptors (Lipinski definition) is 2. The number of carbonyl (C=O) groups excluding carboxylic acids is 1. The molecule has 124 valence electrons. The first kappa shape index (κ1) is 18.3. The van der Waals surface area contributed by atoms with Gasteiger partial charge in [-0.15, -0.1) is 0 Å². The highest BCUT2D eigenvalue weighted by atomic mass is 19.4. The molecule has 0 spiro atoms. The number of halogens is 6. The molecule has 1 aromatic rings. The van der Waals surface area contributed by atoms with Gasteiger partial charge in [0.2, 0.25) is 0 Å². The van der Waals surface area contributed by atoms with Gasteiger partial charge in [-0.1, -0.05) is 0 Å². The molecular weight excluding hydrogens is 314 g/mol. The lowest BCUT2D eigenvalue weighted by atomic mass is 9.82. The number of esters is 1. The topological polar surface area (TPSA) is 26.3 Å². The largest absolute Gasteiger partial charge is 0.465 e. The van der Waals surface area contributed by atoms with Crippen molar-refractivity contribution in [1.29, 1.82) is 0 Å². The maximum atomic E-state index is 12.8. The van der Waals surface area contributed by atoms with E-state index in [0.29, 0.717) is 12.1 Å². The van der Waals surface area contributed by atoms with Crippen LogP contribution in [0.4, 0.5) is 26.3 Å². The van der Waals surface area contributed by atoms with Crippen molar-refractivity contribution in [3.8, 4) is 0 Å². The zero-order valence-electron chi connectivity index (χ0n) is 12.0. The molecule has 0 saturated carbocycles. The van der Waals surface area contributed by atoms with Gasteiger partial charge in [-0.05, 0) is 44.5 Å². The number of alkyl halides is 6. The highest BCUT2D eigenvalue weighted by Gasteiger charge is 2.40. The second-order valence-electron chi connectivity index (χ2n) is 5.14. The Morgan fingerprint density at radius 3 is 1.59 bits per heavy atom. The molecule has 8 heteroatoms. The third kappa shape index (κ3) is 3.92. The lowest BCUT2D eigenvalue weighted by molar-refractivity contribution is -0.150. The third-order valence-electron chi connectivity index (χ3n) is 3.10. The van der Waals surface area contributed by atoms with Crippen LogP contribution in [0, 0.1) is 0 Å². The van der Waals surface area contributed by atoms with Gasteiger partial charge in [-0.3, -0.25) is 4.79 Å². The number of benzene rings is 1. The van der Waals surface area contributed by atoms with Gasteiger partial charge in [-0.25, -0.2) is 0 Å². The van der Waals surface area contributed by atoms with Gasteiger partial charge in [0.25, 0.3) is 0 Å². The highest BCUT2D eigenvalue weighted by Crippen LogP contribution is 2.39. The lowest BCUT2D eigenvalue weighted by Gasteiger charge is -2.25. The van der Waals surface area contributed by atoms with Gasteiger partial charge < -0.3 is 4.74 Å². The van der Waals surface area contributed by atoms with Gasteiger partial charge in [0.05, 0.1) is 23.1 Å². The Kier molecular flexibility index (Phi) is 4.84. The molecule has 0 bridgehead atoms. The van der Waals surface area contributed by atoms with Crippen molar-refractivity contribution in [2.75, 3.05) is 6.61 Å². The first-order valence-electron chi connectivity index (χ1n) is 6.27. The van der Waals surface area contributed by atoms with E-state index in [1.165, 1.54) is 20.8 Å². The predicted molar refractivity (Wildman–Crippen MR) is 66.1 cm³/mol. The van der Waals surface area contributed by atoms with Crippen LogP contribution in [-0.4, -0.2) is 12.6 Å². The Hall–Kier alpha value is -1.73. The van der Waals surface area contributed by atoms with Crippen molar-refractivity contribution in [3.63, 3.8) is 0 Å². The van der Waals surface area contributed by atoms with E-state index in [1.54, 1.807) is 0 Å². The summed E-state index contributed by atoms with van der Waals surface area (Å²) in [5.41, 5.74) is -4.98. The number of ether oxygens (including phenoxy) is 1. The van der Waals surface area contributed by atoms with Crippen LogP contribution in [0.25, 0.3) is 0 Å². The molecule has 0 atom stereocenters. The summed E-state index contributed by atoms with van der Waals surface area (Å²) >= 11 is 0.